The zero-order valence-electron chi connectivity index (χ0n) is 13.6. The van der Waals surface area contributed by atoms with E-state index in [1.165, 1.54) is 32.1 Å². The molecule has 1 saturated carbocycles. The predicted molar refractivity (Wildman–Crippen MR) is 89.0 cm³/mol. The molecule has 0 aromatic carbocycles. The minimum atomic E-state index is -0.122. The Kier molecular flexibility index (Phi) is 6.44. The van der Waals surface area contributed by atoms with Crippen LogP contribution >= 0.6 is 0 Å². The molecule has 120 valence electrons. The molecule has 1 heterocycles. The van der Waals surface area contributed by atoms with Gasteiger partial charge in [-0.15, -0.1) is 0 Å². The van der Waals surface area contributed by atoms with Crippen molar-refractivity contribution >= 4 is 11.7 Å². The second-order valence-electron chi connectivity index (χ2n) is 5.91. The predicted octanol–water partition coefficient (Wildman–Crippen LogP) is 4.34. The van der Waals surface area contributed by atoms with Crippen LogP contribution in [0, 0.1) is 5.92 Å². The maximum absolute atomic E-state index is 12.1. The molecule has 4 nitrogen and oxygen atoms in total. The van der Waals surface area contributed by atoms with E-state index in [4.69, 9.17) is 4.74 Å². The van der Waals surface area contributed by atoms with Crippen molar-refractivity contribution in [2.24, 2.45) is 5.92 Å². The molecule has 1 aliphatic carbocycles. The van der Waals surface area contributed by atoms with E-state index in [0.29, 0.717) is 29.7 Å². The Morgan fingerprint density at radius 3 is 2.91 bits per heavy atom. The van der Waals surface area contributed by atoms with Gasteiger partial charge in [0, 0.05) is 11.8 Å². The van der Waals surface area contributed by atoms with Crippen LogP contribution in [0.4, 0.5) is 5.82 Å². The summed E-state index contributed by atoms with van der Waals surface area (Å²) in [5, 5.41) is 2.84. The van der Waals surface area contributed by atoms with Crippen molar-refractivity contribution in [3.63, 3.8) is 0 Å². The summed E-state index contributed by atoms with van der Waals surface area (Å²) < 4.78 is 5.92. The first kappa shape index (κ1) is 16.5. The number of allylic oxidation sites excluding steroid dienone is 1. The quantitative estimate of drug-likeness (QED) is 0.795. The first-order valence-electron chi connectivity index (χ1n) is 8.26. The van der Waals surface area contributed by atoms with Crippen molar-refractivity contribution in [3.8, 4) is 5.75 Å². The lowest BCUT2D eigenvalue weighted by Gasteiger charge is -2.22. The summed E-state index contributed by atoms with van der Waals surface area (Å²) in [4.78, 5) is 16.3. The van der Waals surface area contributed by atoms with Crippen molar-refractivity contribution < 1.29 is 9.53 Å². The molecule has 1 aromatic heterocycles. The van der Waals surface area contributed by atoms with E-state index in [1.54, 1.807) is 6.20 Å². The summed E-state index contributed by atoms with van der Waals surface area (Å²) >= 11 is 0. The summed E-state index contributed by atoms with van der Waals surface area (Å²) in [6.07, 6.45) is 10.8. The molecule has 2 rings (SSSR count). The van der Waals surface area contributed by atoms with E-state index in [2.05, 4.69) is 10.3 Å². The second-order valence-corrected chi connectivity index (χ2v) is 5.91. The number of amides is 1. The molecule has 0 aliphatic heterocycles. The SMILES string of the molecule is CC/C=C(/C)C(=O)Nc1ncccc1OCC1CCCCC1. The van der Waals surface area contributed by atoms with Crippen LogP contribution in [0.2, 0.25) is 0 Å². The Balaban J connectivity index is 1.97. The van der Waals surface area contributed by atoms with Gasteiger partial charge < -0.3 is 10.1 Å². The van der Waals surface area contributed by atoms with Gasteiger partial charge in [0.05, 0.1) is 6.61 Å². The number of nitrogens with one attached hydrogen (secondary N) is 1. The number of carbonyl (C=O) groups is 1. The third-order valence-electron chi connectivity index (χ3n) is 4.07. The summed E-state index contributed by atoms with van der Waals surface area (Å²) in [5.74, 6) is 1.67. The summed E-state index contributed by atoms with van der Waals surface area (Å²) in [6.45, 7) is 4.53. The summed E-state index contributed by atoms with van der Waals surface area (Å²) in [7, 11) is 0. The molecular formula is C18H26N2O2. The van der Waals surface area contributed by atoms with Gasteiger partial charge in [-0.25, -0.2) is 4.98 Å². The number of ether oxygens (including phenoxy) is 1. The minimum absolute atomic E-state index is 0.122. The molecule has 1 fully saturated rings. The number of nitrogens with zero attached hydrogens (tertiary/aromatic N) is 1. The lowest BCUT2D eigenvalue weighted by atomic mass is 9.90. The molecule has 0 spiro atoms. The van der Waals surface area contributed by atoms with E-state index in [0.717, 1.165) is 6.42 Å². The molecule has 1 aromatic rings. The summed E-state index contributed by atoms with van der Waals surface area (Å²) in [5.41, 5.74) is 0.700. The zero-order chi connectivity index (χ0) is 15.8. The number of carbonyl (C=O) groups excluding carboxylic acids is 1. The molecule has 1 amide bonds. The largest absolute Gasteiger partial charge is 0.489 e. The molecular weight excluding hydrogens is 276 g/mol. The van der Waals surface area contributed by atoms with Gasteiger partial charge in [-0.3, -0.25) is 4.79 Å². The van der Waals surface area contributed by atoms with E-state index in [9.17, 15) is 4.79 Å². The molecule has 0 saturated heterocycles. The van der Waals surface area contributed by atoms with E-state index >= 15 is 0 Å². The van der Waals surface area contributed by atoms with Gasteiger partial charge >= 0.3 is 0 Å². The monoisotopic (exact) mass is 302 g/mol. The van der Waals surface area contributed by atoms with Crippen molar-refractivity contribution in [2.75, 3.05) is 11.9 Å². The fourth-order valence-corrected chi connectivity index (χ4v) is 2.77. The third kappa shape index (κ3) is 4.86. The molecule has 0 radical (unpaired) electrons. The highest BCUT2D eigenvalue weighted by molar-refractivity contribution is 6.03. The van der Waals surface area contributed by atoms with Crippen molar-refractivity contribution in [3.05, 3.63) is 30.0 Å². The Morgan fingerprint density at radius 2 is 2.18 bits per heavy atom. The zero-order valence-corrected chi connectivity index (χ0v) is 13.6. The van der Waals surface area contributed by atoms with Gasteiger partial charge in [-0.1, -0.05) is 32.3 Å². The number of hydrogen-bond acceptors (Lipinski definition) is 3. The number of pyridine rings is 1. The van der Waals surface area contributed by atoms with Crippen LogP contribution in [0.15, 0.2) is 30.0 Å². The average molecular weight is 302 g/mol. The number of aromatic nitrogens is 1. The molecule has 1 aliphatic rings. The lowest BCUT2D eigenvalue weighted by Crippen LogP contribution is -2.18. The van der Waals surface area contributed by atoms with Gasteiger partial charge in [-0.2, -0.15) is 0 Å². The molecule has 1 N–H and O–H groups in total. The summed E-state index contributed by atoms with van der Waals surface area (Å²) in [6, 6.07) is 3.70. The van der Waals surface area contributed by atoms with Crippen molar-refractivity contribution in [1.82, 2.24) is 4.98 Å². The third-order valence-corrected chi connectivity index (χ3v) is 4.07. The first-order valence-corrected chi connectivity index (χ1v) is 8.26. The van der Waals surface area contributed by atoms with Gasteiger partial charge in [-0.05, 0) is 44.2 Å². The standard InChI is InChI=1S/C18H26N2O2/c1-3-8-14(2)18(21)20-17-16(11-7-12-19-17)22-13-15-9-5-4-6-10-15/h7-8,11-12,15H,3-6,9-10,13H2,1-2H3,(H,19,20,21)/b14-8-. The van der Waals surface area contributed by atoms with E-state index < -0.39 is 0 Å². The van der Waals surface area contributed by atoms with Crippen LogP contribution in [0.3, 0.4) is 0 Å². The Hall–Kier alpha value is -1.84. The average Bonchev–Trinajstić information content (AvgIpc) is 2.55. The molecule has 0 unspecified atom stereocenters. The number of anilines is 1. The Labute approximate surface area is 133 Å². The maximum atomic E-state index is 12.1. The van der Waals surface area contributed by atoms with Crippen molar-refractivity contribution in [1.29, 1.82) is 0 Å². The van der Waals surface area contributed by atoms with Gasteiger partial charge in [0.25, 0.3) is 5.91 Å². The molecule has 0 atom stereocenters. The molecule has 0 bridgehead atoms. The van der Waals surface area contributed by atoms with Crippen LogP contribution in [0.1, 0.15) is 52.4 Å². The normalized spacial score (nSPS) is 16.4. The highest BCUT2D eigenvalue weighted by atomic mass is 16.5. The highest BCUT2D eigenvalue weighted by Gasteiger charge is 2.16. The van der Waals surface area contributed by atoms with Crippen molar-refractivity contribution in [2.45, 2.75) is 52.4 Å². The van der Waals surface area contributed by atoms with E-state index in [-0.39, 0.29) is 5.91 Å². The highest BCUT2D eigenvalue weighted by Crippen LogP contribution is 2.27. The topological polar surface area (TPSA) is 51.2 Å². The van der Waals surface area contributed by atoms with Crippen LogP contribution in [0.25, 0.3) is 0 Å². The van der Waals surface area contributed by atoms with Crippen LogP contribution in [0.5, 0.6) is 5.75 Å². The number of hydrogen-bond donors (Lipinski definition) is 1. The first-order chi connectivity index (χ1) is 10.7. The van der Waals surface area contributed by atoms with Gasteiger partial charge in [0.15, 0.2) is 11.6 Å². The maximum Gasteiger partial charge on any atom is 0.252 e. The van der Waals surface area contributed by atoms with Gasteiger partial charge in [0.2, 0.25) is 0 Å². The fraction of sp³-hybridized carbons (Fsp3) is 0.556. The van der Waals surface area contributed by atoms with Gasteiger partial charge in [0.1, 0.15) is 0 Å². The minimum Gasteiger partial charge on any atom is -0.489 e. The Bertz CT molecular complexity index is 520. The number of rotatable bonds is 6. The molecule has 4 heteroatoms. The van der Waals surface area contributed by atoms with Crippen LogP contribution in [-0.2, 0) is 4.79 Å². The van der Waals surface area contributed by atoms with E-state index in [1.807, 2.05) is 32.1 Å². The molecule has 22 heavy (non-hydrogen) atoms. The second kappa shape index (κ2) is 8.57. The Morgan fingerprint density at radius 1 is 1.41 bits per heavy atom. The van der Waals surface area contributed by atoms with Crippen LogP contribution < -0.4 is 10.1 Å². The fourth-order valence-electron chi connectivity index (χ4n) is 2.77. The smallest absolute Gasteiger partial charge is 0.252 e. The lowest BCUT2D eigenvalue weighted by molar-refractivity contribution is -0.112. The van der Waals surface area contributed by atoms with Crippen LogP contribution in [-0.4, -0.2) is 17.5 Å².